The van der Waals surface area contributed by atoms with Crippen molar-refractivity contribution in [3.63, 3.8) is 0 Å². The normalized spacial score (nSPS) is 34.3. The van der Waals surface area contributed by atoms with Crippen LogP contribution in [0.3, 0.4) is 0 Å². The first-order chi connectivity index (χ1) is 15.6. The Bertz CT molecular complexity index is 718. The van der Waals surface area contributed by atoms with E-state index in [9.17, 15) is 29.7 Å². The van der Waals surface area contributed by atoms with Crippen molar-refractivity contribution in [2.45, 2.75) is 108 Å². The monoisotopic (exact) mass is 492 g/mol. The maximum atomic E-state index is 12.3. The van der Waals surface area contributed by atoms with E-state index in [1.807, 2.05) is 0 Å². The first kappa shape index (κ1) is 28.2. The molecular weight excluding hydrogens is 456 g/mol. The number of hydrogen-bond donors (Lipinski definition) is 5. The lowest BCUT2D eigenvalue weighted by Crippen LogP contribution is -2.66. The summed E-state index contributed by atoms with van der Waals surface area (Å²) in [6.07, 6.45) is -10.3. The van der Waals surface area contributed by atoms with Crippen molar-refractivity contribution in [3.05, 3.63) is 0 Å². The van der Waals surface area contributed by atoms with Gasteiger partial charge in [-0.3, -0.25) is 0 Å². The predicted molar refractivity (Wildman–Crippen MR) is 115 cm³/mol. The third kappa shape index (κ3) is 8.32. The molecule has 0 aromatic carbocycles. The zero-order valence-corrected chi connectivity index (χ0v) is 20.2. The molecule has 4 unspecified atom stereocenters. The maximum absolute atomic E-state index is 12.3. The summed E-state index contributed by atoms with van der Waals surface area (Å²) in [5.41, 5.74) is -1.59. The van der Waals surface area contributed by atoms with Gasteiger partial charge in [-0.15, -0.1) is 0 Å². The standard InChI is InChI=1S/C21H36N2O11/c1-20(2,3)33-18(28)22-8-11-15(26)16(27)14(23-19(29)34-21(4,5)6)17(32-11)31-10-7-13(25)30-12(10)9-24/h9-17,25-27H,7-8H2,1-6H3,(H,22,28)(H,23,29)/t10?,11?,12-,13-,14?,15-,16?,17+/m1/s1. The summed E-state index contributed by atoms with van der Waals surface area (Å²) in [5, 5.41) is 35.9. The summed E-state index contributed by atoms with van der Waals surface area (Å²) >= 11 is 0. The Kier molecular flexibility index (Phi) is 9.24. The molecule has 0 aromatic rings. The van der Waals surface area contributed by atoms with E-state index in [-0.39, 0.29) is 13.0 Å². The fourth-order valence-electron chi connectivity index (χ4n) is 3.39. The number of nitrogens with one attached hydrogen (secondary N) is 2. The largest absolute Gasteiger partial charge is 0.444 e. The van der Waals surface area contributed by atoms with E-state index in [4.69, 9.17) is 23.7 Å². The van der Waals surface area contributed by atoms with E-state index in [1.165, 1.54) is 0 Å². The molecule has 0 spiro atoms. The second-order valence-corrected chi connectivity index (χ2v) is 10.2. The SMILES string of the molecule is CC(C)(C)OC(=O)NCC1O[C@H](OC2C[C@H](O)O[C@@H]2C=O)C(NC(=O)OC(C)(C)C)C(O)[C@@H]1O. The van der Waals surface area contributed by atoms with E-state index in [2.05, 4.69) is 10.6 Å². The number of amides is 2. The third-order valence-corrected chi connectivity index (χ3v) is 4.79. The molecular formula is C21H36N2O11. The molecule has 2 amide bonds. The van der Waals surface area contributed by atoms with Crippen LogP contribution in [0.5, 0.6) is 0 Å². The van der Waals surface area contributed by atoms with Crippen LogP contribution in [0.4, 0.5) is 9.59 Å². The first-order valence-corrected chi connectivity index (χ1v) is 11.0. The Morgan fingerprint density at radius 3 is 2.12 bits per heavy atom. The third-order valence-electron chi connectivity index (χ3n) is 4.79. The second-order valence-electron chi connectivity index (χ2n) is 10.2. The number of ether oxygens (including phenoxy) is 5. The van der Waals surface area contributed by atoms with Gasteiger partial charge in [0.25, 0.3) is 0 Å². The number of aldehydes is 1. The van der Waals surface area contributed by atoms with Crippen LogP contribution < -0.4 is 10.6 Å². The highest BCUT2D eigenvalue weighted by molar-refractivity contribution is 5.68. The Morgan fingerprint density at radius 2 is 1.56 bits per heavy atom. The molecule has 13 heteroatoms. The van der Waals surface area contributed by atoms with Gasteiger partial charge in [0.2, 0.25) is 0 Å². The Balaban J connectivity index is 2.16. The Morgan fingerprint density at radius 1 is 0.971 bits per heavy atom. The van der Waals surface area contributed by atoms with Crippen molar-refractivity contribution < 1.29 is 53.4 Å². The molecule has 0 radical (unpaired) electrons. The highest BCUT2D eigenvalue weighted by atomic mass is 16.7. The van der Waals surface area contributed by atoms with E-state index in [0.29, 0.717) is 6.29 Å². The molecule has 34 heavy (non-hydrogen) atoms. The van der Waals surface area contributed by atoms with Crippen LogP contribution in [0, 0.1) is 0 Å². The minimum Gasteiger partial charge on any atom is -0.444 e. The van der Waals surface area contributed by atoms with Crippen molar-refractivity contribution >= 4 is 18.5 Å². The van der Waals surface area contributed by atoms with Gasteiger partial charge >= 0.3 is 12.2 Å². The lowest BCUT2D eigenvalue weighted by molar-refractivity contribution is -0.276. The van der Waals surface area contributed by atoms with Gasteiger partial charge in [0, 0.05) is 13.0 Å². The van der Waals surface area contributed by atoms with E-state index in [1.54, 1.807) is 41.5 Å². The van der Waals surface area contributed by atoms with Gasteiger partial charge in [0.15, 0.2) is 18.9 Å². The molecule has 5 N–H and O–H groups in total. The number of carbonyl (C=O) groups is 3. The minimum absolute atomic E-state index is 0.0676. The van der Waals surface area contributed by atoms with E-state index >= 15 is 0 Å². The Labute approximate surface area is 198 Å². The molecule has 0 bridgehead atoms. The molecule has 2 heterocycles. The van der Waals surface area contributed by atoms with Gasteiger partial charge in [-0.2, -0.15) is 0 Å². The molecule has 2 fully saturated rings. The lowest BCUT2D eigenvalue weighted by Gasteiger charge is -2.43. The minimum atomic E-state index is -1.60. The highest BCUT2D eigenvalue weighted by Gasteiger charge is 2.49. The van der Waals surface area contributed by atoms with Gasteiger partial charge in [0.05, 0.1) is 6.10 Å². The summed E-state index contributed by atoms with van der Waals surface area (Å²) in [5.74, 6) is 0. The molecule has 0 aromatic heterocycles. The summed E-state index contributed by atoms with van der Waals surface area (Å²) < 4.78 is 26.9. The molecule has 2 rings (SSSR count). The number of carbonyl (C=O) groups excluding carboxylic acids is 3. The molecule has 2 aliphatic heterocycles. The van der Waals surface area contributed by atoms with Crippen LogP contribution in [0.2, 0.25) is 0 Å². The van der Waals surface area contributed by atoms with Crippen molar-refractivity contribution in [3.8, 4) is 0 Å². The number of hydrogen-bond acceptors (Lipinski definition) is 11. The molecule has 196 valence electrons. The van der Waals surface area contributed by atoms with Crippen molar-refractivity contribution in [2.24, 2.45) is 0 Å². The van der Waals surface area contributed by atoms with Gasteiger partial charge in [-0.25, -0.2) is 9.59 Å². The molecule has 0 saturated carbocycles. The molecule has 2 saturated heterocycles. The topological polar surface area (TPSA) is 182 Å². The first-order valence-electron chi connectivity index (χ1n) is 11.0. The second kappa shape index (κ2) is 11.1. The van der Waals surface area contributed by atoms with Gasteiger partial charge in [-0.1, -0.05) is 0 Å². The van der Waals surface area contributed by atoms with E-state index in [0.717, 1.165) is 0 Å². The van der Waals surface area contributed by atoms with Crippen molar-refractivity contribution in [1.29, 1.82) is 0 Å². The number of rotatable bonds is 6. The molecule has 0 aliphatic carbocycles. The van der Waals surface area contributed by atoms with Crippen molar-refractivity contribution in [2.75, 3.05) is 6.54 Å². The van der Waals surface area contributed by atoms with Gasteiger partial charge < -0.3 is 54.4 Å². The summed E-state index contributed by atoms with van der Waals surface area (Å²) in [6, 6.07) is -1.31. The Hall–Kier alpha value is -2.03. The lowest BCUT2D eigenvalue weighted by atomic mass is 9.96. The van der Waals surface area contributed by atoms with Crippen LogP contribution >= 0.6 is 0 Å². The zero-order chi connectivity index (χ0) is 25.8. The zero-order valence-electron chi connectivity index (χ0n) is 20.2. The average molecular weight is 493 g/mol. The fourth-order valence-corrected chi connectivity index (χ4v) is 3.39. The average Bonchev–Trinajstić information content (AvgIpc) is 3.03. The molecule has 8 atom stereocenters. The smallest absolute Gasteiger partial charge is 0.408 e. The number of aliphatic hydroxyl groups excluding tert-OH is 3. The molecule has 13 nitrogen and oxygen atoms in total. The molecule has 2 aliphatic rings. The fraction of sp³-hybridized carbons (Fsp3) is 0.857. The van der Waals surface area contributed by atoms with Gasteiger partial charge in [-0.05, 0) is 41.5 Å². The number of aliphatic hydroxyl groups is 3. The van der Waals surface area contributed by atoms with Crippen LogP contribution in [-0.2, 0) is 28.5 Å². The summed E-state index contributed by atoms with van der Waals surface area (Å²) in [6.45, 7) is 9.73. The quantitative estimate of drug-likeness (QED) is 0.303. The van der Waals surface area contributed by atoms with Crippen LogP contribution in [0.1, 0.15) is 48.0 Å². The predicted octanol–water partition coefficient (Wildman–Crippen LogP) is -0.457. The number of alkyl carbamates (subject to hydrolysis) is 2. The van der Waals surface area contributed by atoms with Crippen LogP contribution in [-0.4, -0.2) is 101 Å². The summed E-state index contributed by atoms with van der Waals surface area (Å²) in [7, 11) is 0. The van der Waals surface area contributed by atoms with Crippen LogP contribution in [0.25, 0.3) is 0 Å². The van der Waals surface area contributed by atoms with Crippen LogP contribution in [0.15, 0.2) is 0 Å². The highest BCUT2D eigenvalue weighted by Crippen LogP contribution is 2.28. The maximum Gasteiger partial charge on any atom is 0.408 e. The van der Waals surface area contributed by atoms with Crippen molar-refractivity contribution in [1.82, 2.24) is 10.6 Å². The van der Waals surface area contributed by atoms with E-state index < -0.39 is 72.5 Å². The summed E-state index contributed by atoms with van der Waals surface area (Å²) in [4.78, 5) is 35.6. The van der Waals surface area contributed by atoms with Gasteiger partial charge in [0.1, 0.15) is 41.7 Å².